The van der Waals surface area contributed by atoms with Gasteiger partial charge in [-0.3, -0.25) is 0 Å². The van der Waals surface area contributed by atoms with Crippen molar-refractivity contribution in [1.82, 2.24) is 0 Å². The van der Waals surface area contributed by atoms with Crippen molar-refractivity contribution in [1.29, 1.82) is 0 Å². The van der Waals surface area contributed by atoms with Crippen molar-refractivity contribution in [3.8, 4) is 5.75 Å². The molecule has 15 heavy (non-hydrogen) atoms. The number of hydrogen-bond acceptors (Lipinski definition) is 2. The fraction of sp³-hybridized carbons (Fsp3) is 0.417. The molecule has 2 N–H and O–H groups in total. The van der Waals surface area contributed by atoms with Gasteiger partial charge in [0.25, 0.3) is 0 Å². The van der Waals surface area contributed by atoms with E-state index in [4.69, 9.17) is 22.7 Å². The van der Waals surface area contributed by atoms with E-state index < -0.39 is 0 Å². The van der Waals surface area contributed by atoms with Gasteiger partial charge in [-0.2, -0.15) is 0 Å². The van der Waals surface area contributed by atoms with E-state index in [9.17, 15) is 0 Å². The summed E-state index contributed by atoms with van der Waals surface area (Å²) in [6, 6.07) is 8.10. The van der Waals surface area contributed by atoms with Crippen LogP contribution in [0.2, 0.25) is 0 Å². The molecule has 2 nitrogen and oxygen atoms in total. The molecule has 0 fully saturated rings. The zero-order chi connectivity index (χ0) is 11.3. The fourth-order valence-electron chi connectivity index (χ4n) is 1.40. The molecule has 1 aromatic rings. The van der Waals surface area contributed by atoms with E-state index in [2.05, 4.69) is 19.1 Å². The molecule has 0 saturated heterocycles. The van der Waals surface area contributed by atoms with E-state index in [1.165, 1.54) is 5.56 Å². The molecule has 0 spiro atoms. The first-order valence-electron chi connectivity index (χ1n) is 5.15. The molecule has 0 bridgehead atoms. The van der Waals surface area contributed by atoms with Crippen LogP contribution in [0.3, 0.4) is 0 Å². The molecule has 1 unspecified atom stereocenters. The molecule has 0 aromatic heterocycles. The first-order valence-corrected chi connectivity index (χ1v) is 5.56. The van der Waals surface area contributed by atoms with Crippen LogP contribution >= 0.6 is 12.2 Å². The molecule has 1 aromatic carbocycles. The second-order valence-corrected chi connectivity index (χ2v) is 4.12. The largest absolute Gasteiger partial charge is 0.490 e. The maximum Gasteiger partial charge on any atom is 0.119 e. The zero-order valence-corrected chi connectivity index (χ0v) is 10.0. The smallest absolute Gasteiger partial charge is 0.119 e. The summed E-state index contributed by atoms with van der Waals surface area (Å²) in [7, 11) is 0. The quantitative estimate of drug-likeness (QED) is 0.779. The van der Waals surface area contributed by atoms with E-state index in [0.717, 1.165) is 12.2 Å². The maximum atomic E-state index is 5.70. The number of hydrogen-bond donors (Lipinski definition) is 1. The molecule has 0 radical (unpaired) electrons. The van der Waals surface area contributed by atoms with Gasteiger partial charge in [-0.25, -0.2) is 0 Å². The first-order chi connectivity index (χ1) is 7.11. The Morgan fingerprint density at radius 1 is 1.53 bits per heavy atom. The molecule has 0 aliphatic carbocycles. The number of nitrogens with two attached hydrogens (primary N) is 1. The van der Waals surface area contributed by atoms with Gasteiger partial charge in [0.2, 0.25) is 0 Å². The third-order valence-electron chi connectivity index (χ3n) is 2.13. The van der Waals surface area contributed by atoms with Gasteiger partial charge >= 0.3 is 0 Å². The van der Waals surface area contributed by atoms with Gasteiger partial charge in [-0.15, -0.1) is 0 Å². The molecule has 1 atom stereocenters. The molecule has 0 amide bonds. The van der Waals surface area contributed by atoms with Crippen molar-refractivity contribution in [3.63, 3.8) is 0 Å². The van der Waals surface area contributed by atoms with Crippen LogP contribution in [0.5, 0.6) is 5.75 Å². The normalized spacial score (nSPS) is 12.1. The van der Waals surface area contributed by atoms with Crippen LogP contribution in [0.4, 0.5) is 0 Å². The number of ether oxygens (including phenoxy) is 1. The van der Waals surface area contributed by atoms with Crippen molar-refractivity contribution in [3.05, 3.63) is 29.8 Å². The summed E-state index contributed by atoms with van der Waals surface area (Å²) in [5.41, 5.74) is 6.73. The lowest BCUT2D eigenvalue weighted by molar-refractivity contribution is 0.230. The Kier molecular flexibility index (Phi) is 4.56. The molecular weight excluding hydrogens is 206 g/mol. The SMILES string of the molecule is CCc1cccc(OC(C)CC(N)=S)c1. The minimum Gasteiger partial charge on any atom is -0.490 e. The van der Waals surface area contributed by atoms with Crippen molar-refractivity contribution in [2.75, 3.05) is 0 Å². The summed E-state index contributed by atoms with van der Waals surface area (Å²) < 4.78 is 5.70. The summed E-state index contributed by atoms with van der Waals surface area (Å²) in [5, 5.41) is 0. The highest BCUT2D eigenvalue weighted by atomic mass is 32.1. The molecule has 0 saturated carbocycles. The minimum absolute atomic E-state index is 0.0367. The molecule has 0 aliphatic rings. The number of benzene rings is 1. The molecule has 82 valence electrons. The van der Waals surface area contributed by atoms with Crippen LogP contribution in [0.1, 0.15) is 25.8 Å². The molecule has 0 aliphatic heterocycles. The van der Waals surface area contributed by atoms with Crippen LogP contribution in [0.15, 0.2) is 24.3 Å². The zero-order valence-electron chi connectivity index (χ0n) is 9.19. The fourth-order valence-corrected chi connectivity index (χ4v) is 1.63. The maximum absolute atomic E-state index is 5.70. The van der Waals surface area contributed by atoms with Crippen LogP contribution < -0.4 is 10.5 Å². The van der Waals surface area contributed by atoms with Gasteiger partial charge in [0.15, 0.2) is 0 Å². The third kappa shape index (κ3) is 4.30. The Bertz CT molecular complexity index is 338. The predicted octanol–water partition coefficient (Wildman–Crippen LogP) is 2.69. The average molecular weight is 223 g/mol. The van der Waals surface area contributed by atoms with E-state index in [-0.39, 0.29) is 6.10 Å². The van der Waals surface area contributed by atoms with Gasteiger partial charge in [-0.05, 0) is 31.0 Å². The topological polar surface area (TPSA) is 35.2 Å². The Labute approximate surface area is 96.4 Å². The van der Waals surface area contributed by atoms with Gasteiger partial charge in [0, 0.05) is 6.42 Å². The van der Waals surface area contributed by atoms with Gasteiger partial charge in [0.05, 0.1) is 4.99 Å². The number of thiocarbonyl (C=S) groups is 1. The van der Waals surface area contributed by atoms with Crippen molar-refractivity contribution in [2.24, 2.45) is 5.73 Å². The van der Waals surface area contributed by atoms with Gasteiger partial charge < -0.3 is 10.5 Å². The predicted molar refractivity (Wildman–Crippen MR) is 67.3 cm³/mol. The standard InChI is InChI=1S/C12H17NOS/c1-3-10-5-4-6-11(8-10)14-9(2)7-12(13)15/h4-6,8-9H,3,7H2,1-2H3,(H2,13,15). The minimum atomic E-state index is 0.0367. The van der Waals surface area contributed by atoms with E-state index >= 15 is 0 Å². The lowest BCUT2D eigenvalue weighted by Crippen LogP contribution is -2.20. The monoisotopic (exact) mass is 223 g/mol. The Morgan fingerprint density at radius 3 is 2.87 bits per heavy atom. The summed E-state index contributed by atoms with van der Waals surface area (Å²) >= 11 is 4.83. The highest BCUT2D eigenvalue weighted by Crippen LogP contribution is 2.16. The van der Waals surface area contributed by atoms with Crippen LogP contribution in [-0.4, -0.2) is 11.1 Å². The second-order valence-electron chi connectivity index (χ2n) is 3.60. The summed E-state index contributed by atoms with van der Waals surface area (Å²) in [6.45, 7) is 4.09. The molecule has 3 heteroatoms. The first kappa shape index (κ1) is 12.0. The Morgan fingerprint density at radius 2 is 2.27 bits per heavy atom. The lowest BCUT2D eigenvalue weighted by atomic mass is 10.1. The van der Waals surface area contributed by atoms with Crippen LogP contribution in [-0.2, 0) is 6.42 Å². The summed E-state index contributed by atoms with van der Waals surface area (Å²) in [4.78, 5) is 0.495. The van der Waals surface area contributed by atoms with Crippen molar-refractivity contribution < 1.29 is 4.74 Å². The van der Waals surface area contributed by atoms with E-state index in [1.54, 1.807) is 0 Å². The molecule has 1 rings (SSSR count). The van der Waals surface area contributed by atoms with Crippen molar-refractivity contribution in [2.45, 2.75) is 32.8 Å². The lowest BCUT2D eigenvalue weighted by Gasteiger charge is -2.14. The number of aryl methyl sites for hydroxylation is 1. The summed E-state index contributed by atoms with van der Waals surface area (Å²) in [5.74, 6) is 0.887. The highest BCUT2D eigenvalue weighted by molar-refractivity contribution is 7.80. The van der Waals surface area contributed by atoms with Crippen LogP contribution in [0.25, 0.3) is 0 Å². The Balaban J connectivity index is 2.59. The average Bonchev–Trinajstić information content (AvgIpc) is 2.16. The molecule has 0 heterocycles. The second kappa shape index (κ2) is 5.71. The van der Waals surface area contributed by atoms with E-state index in [0.29, 0.717) is 11.4 Å². The van der Waals surface area contributed by atoms with Crippen molar-refractivity contribution >= 4 is 17.2 Å². The molecular formula is C12H17NOS. The van der Waals surface area contributed by atoms with Gasteiger partial charge in [0.1, 0.15) is 11.9 Å². The third-order valence-corrected chi connectivity index (χ3v) is 2.30. The number of rotatable bonds is 5. The Hall–Kier alpha value is -1.09. The van der Waals surface area contributed by atoms with Gasteiger partial charge in [-0.1, -0.05) is 31.3 Å². The summed E-state index contributed by atoms with van der Waals surface area (Å²) in [6.07, 6.45) is 1.67. The highest BCUT2D eigenvalue weighted by Gasteiger charge is 2.05. The van der Waals surface area contributed by atoms with E-state index in [1.807, 2.05) is 19.1 Å². The van der Waals surface area contributed by atoms with Crippen LogP contribution in [0, 0.1) is 0 Å².